The van der Waals surface area contributed by atoms with Crippen molar-refractivity contribution in [1.82, 2.24) is 9.55 Å². The van der Waals surface area contributed by atoms with Gasteiger partial charge in [0, 0.05) is 12.3 Å². The van der Waals surface area contributed by atoms with E-state index in [9.17, 15) is 19.7 Å². The predicted octanol–water partition coefficient (Wildman–Crippen LogP) is 1.47. The van der Waals surface area contributed by atoms with Crippen LogP contribution in [0.25, 0.3) is 0 Å². The molecule has 10 nitrogen and oxygen atoms in total. The third-order valence-corrected chi connectivity index (χ3v) is 4.25. The Bertz CT molecular complexity index is 918. The fourth-order valence-electron chi connectivity index (χ4n) is 2.54. The average molecular weight is 393 g/mol. The van der Waals surface area contributed by atoms with Crippen LogP contribution in [-0.4, -0.2) is 32.3 Å². The number of aromatic amines is 1. The summed E-state index contributed by atoms with van der Waals surface area (Å²) in [5.74, 6) is 0. The van der Waals surface area contributed by atoms with Gasteiger partial charge in [0.1, 0.15) is 6.73 Å². The van der Waals surface area contributed by atoms with E-state index in [0.29, 0.717) is 12.0 Å². The lowest BCUT2D eigenvalue weighted by Gasteiger charge is -2.16. The number of aliphatic hydroxyl groups is 1. The van der Waals surface area contributed by atoms with E-state index in [1.165, 1.54) is 12.3 Å². The van der Waals surface area contributed by atoms with Crippen LogP contribution in [-0.2, 0) is 22.8 Å². The van der Waals surface area contributed by atoms with E-state index in [1.807, 2.05) is 6.92 Å². The van der Waals surface area contributed by atoms with Crippen molar-refractivity contribution in [3.8, 4) is 0 Å². The number of para-hydroxylation sites is 1. The topological polar surface area (TPSA) is 137 Å². The molecule has 0 fully saturated rings. The normalized spacial score (nSPS) is 13.2. The molecule has 0 aliphatic heterocycles. The van der Waals surface area contributed by atoms with Crippen molar-refractivity contribution in [2.45, 2.75) is 45.8 Å². The first kappa shape index (κ1) is 21.5. The number of nitrogens with zero attached hydrogens (tertiary/aromatic N) is 2. The molecule has 2 rings (SSSR count). The molecule has 0 aliphatic carbocycles. The van der Waals surface area contributed by atoms with Crippen LogP contribution >= 0.6 is 0 Å². The summed E-state index contributed by atoms with van der Waals surface area (Å²) in [7, 11) is 0. The third-order valence-electron chi connectivity index (χ3n) is 4.25. The van der Waals surface area contributed by atoms with Gasteiger partial charge in [-0.05, 0) is 19.4 Å². The lowest BCUT2D eigenvalue weighted by Crippen LogP contribution is -2.33. The van der Waals surface area contributed by atoms with Crippen LogP contribution in [0.15, 0.2) is 40.1 Å². The van der Waals surface area contributed by atoms with E-state index in [-0.39, 0.29) is 31.2 Å². The van der Waals surface area contributed by atoms with Gasteiger partial charge in [0.2, 0.25) is 0 Å². The molecule has 0 aliphatic rings. The van der Waals surface area contributed by atoms with Gasteiger partial charge in [-0.15, -0.1) is 0 Å². The number of hydrogen-bond acceptors (Lipinski definition) is 7. The molecule has 1 aromatic heterocycles. The molecular weight excluding hydrogens is 370 g/mol. The van der Waals surface area contributed by atoms with Crippen LogP contribution in [0.4, 0.5) is 5.69 Å². The minimum atomic E-state index is -0.645. The van der Waals surface area contributed by atoms with Crippen molar-refractivity contribution in [3.05, 3.63) is 72.5 Å². The van der Waals surface area contributed by atoms with Crippen molar-refractivity contribution >= 4 is 5.69 Å². The number of H-pyrrole nitrogens is 1. The monoisotopic (exact) mass is 393 g/mol. The lowest BCUT2D eigenvalue weighted by atomic mass is 10.1. The van der Waals surface area contributed by atoms with Gasteiger partial charge >= 0.3 is 5.69 Å². The van der Waals surface area contributed by atoms with Gasteiger partial charge in [-0.25, -0.2) is 4.79 Å². The zero-order chi connectivity index (χ0) is 20.7. The second-order valence-corrected chi connectivity index (χ2v) is 6.16. The average Bonchev–Trinajstić information content (AvgIpc) is 2.68. The predicted molar refractivity (Wildman–Crippen MR) is 99.9 cm³/mol. The molecule has 2 aromatic rings. The number of hydrogen-bond donors (Lipinski definition) is 2. The number of benzene rings is 1. The Hall–Kier alpha value is -2.82. The number of nitrogens with one attached hydrogen (secondary N) is 1. The first-order chi connectivity index (χ1) is 13.4. The third kappa shape index (κ3) is 5.35. The van der Waals surface area contributed by atoms with Crippen molar-refractivity contribution in [3.63, 3.8) is 0 Å². The van der Waals surface area contributed by atoms with Gasteiger partial charge < -0.3 is 14.6 Å². The molecule has 1 unspecified atom stereocenters. The largest absolute Gasteiger partial charge is 0.394 e. The molecule has 1 aromatic carbocycles. The maximum atomic E-state index is 12.0. The van der Waals surface area contributed by atoms with Gasteiger partial charge in [-0.1, -0.05) is 19.1 Å². The summed E-state index contributed by atoms with van der Waals surface area (Å²) < 4.78 is 12.2. The molecule has 0 radical (unpaired) electrons. The van der Waals surface area contributed by atoms with Crippen LogP contribution < -0.4 is 11.2 Å². The lowest BCUT2D eigenvalue weighted by molar-refractivity contribution is -0.386. The second-order valence-electron chi connectivity index (χ2n) is 6.16. The van der Waals surface area contributed by atoms with E-state index < -0.39 is 28.4 Å². The fraction of sp³-hybridized carbons (Fsp3) is 0.444. The van der Waals surface area contributed by atoms with Crippen LogP contribution in [0.1, 0.15) is 37.5 Å². The van der Waals surface area contributed by atoms with E-state index in [4.69, 9.17) is 14.6 Å². The molecule has 10 heteroatoms. The highest BCUT2D eigenvalue weighted by Crippen LogP contribution is 2.27. The maximum absolute atomic E-state index is 12.0. The van der Waals surface area contributed by atoms with Crippen LogP contribution in [0.3, 0.4) is 0 Å². The molecule has 0 saturated carbocycles. The van der Waals surface area contributed by atoms with Gasteiger partial charge in [0.15, 0.2) is 0 Å². The van der Waals surface area contributed by atoms with Gasteiger partial charge in [-0.2, -0.15) is 0 Å². The smallest absolute Gasteiger partial charge is 0.330 e. The fourth-order valence-corrected chi connectivity index (χ4v) is 2.54. The summed E-state index contributed by atoms with van der Waals surface area (Å²) >= 11 is 0. The van der Waals surface area contributed by atoms with Gasteiger partial charge in [-0.3, -0.25) is 24.5 Å². The summed E-state index contributed by atoms with van der Waals surface area (Å²) in [6.07, 6.45) is 0.823. The van der Waals surface area contributed by atoms with E-state index in [1.54, 1.807) is 25.1 Å². The zero-order valence-corrected chi connectivity index (χ0v) is 15.7. The molecule has 0 spiro atoms. The molecule has 0 bridgehead atoms. The summed E-state index contributed by atoms with van der Waals surface area (Å²) in [6, 6.07) is 6.19. The Morgan fingerprint density at radius 1 is 1.29 bits per heavy atom. The Morgan fingerprint density at radius 2 is 2.00 bits per heavy atom. The quantitative estimate of drug-likeness (QED) is 0.460. The standard InChI is InChI=1S/C18H23N3O7/c1-3-14(9-22)28-11-20-8-13(17(23)19-18(20)24)10-27-12(2)15-6-4-5-7-16(15)21(25)26/h4-8,12,14,22H,3,9-11H2,1-2H3,(H,19,23,24)/t12?,14-/m0/s1. The van der Waals surface area contributed by atoms with E-state index in [0.717, 1.165) is 4.57 Å². The molecule has 28 heavy (non-hydrogen) atoms. The Labute approximate surface area is 160 Å². The molecule has 1 heterocycles. The molecule has 2 atom stereocenters. The number of ether oxygens (including phenoxy) is 2. The van der Waals surface area contributed by atoms with Crippen LogP contribution in [0.5, 0.6) is 0 Å². The van der Waals surface area contributed by atoms with Crippen LogP contribution in [0, 0.1) is 10.1 Å². The summed E-state index contributed by atoms with van der Waals surface area (Å²) in [4.78, 5) is 36.8. The van der Waals surface area contributed by atoms with Gasteiger partial charge in [0.05, 0.1) is 41.5 Å². The Balaban J connectivity index is 2.14. The van der Waals surface area contributed by atoms with E-state index >= 15 is 0 Å². The number of nitro benzene ring substituents is 1. The van der Waals surface area contributed by atoms with Crippen molar-refractivity contribution in [1.29, 1.82) is 0 Å². The number of nitro groups is 1. The van der Waals surface area contributed by atoms with Gasteiger partial charge in [0.25, 0.3) is 11.2 Å². The minimum absolute atomic E-state index is 0.0723. The Kier molecular flexibility index (Phi) is 7.61. The molecular formula is C18H23N3O7. The zero-order valence-electron chi connectivity index (χ0n) is 15.7. The second kappa shape index (κ2) is 9.93. The number of rotatable bonds is 10. The first-order valence-electron chi connectivity index (χ1n) is 8.77. The van der Waals surface area contributed by atoms with Crippen molar-refractivity contribution < 1.29 is 19.5 Å². The first-order valence-corrected chi connectivity index (χ1v) is 8.77. The number of aliphatic hydroxyl groups excluding tert-OH is 1. The summed E-state index contributed by atoms with van der Waals surface area (Å²) in [6.45, 7) is 3.00. The molecule has 0 saturated heterocycles. The number of aromatic nitrogens is 2. The van der Waals surface area contributed by atoms with Crippen molar-refractivity contribution in [2.24, 2.45) is 0 Å². The molecule has 2 N–H and O–H groups in total. The highest BCUT2D eigenvalue weighted by molar-refractivity contribution is 5.41. The minimum Gasteiger partial charge on any atom is -0.394 e. The Morgan fingerprint density at radius 3 is 2.64 bits per heavy atom. The summed E-state index contributed by atoms with van der Waals surface area (Å²) in [5.41, 5.74) is -0.768. The highest BCUT2D eigenvalue weighted by atomic mass is 16.6. The highest BCUT2D eigenvalue weighted by Gasteiger charge is 2.19. The van der Waals surface area contributed by atoms with Crippen molar-refractivity contribution in [2.75, 3.05) is 6.61 Å². The van der Waals surface area contributed by atoms with E-state index in [2.05, 4.69) is 4.98 Å². The summed E-state index contributed by atoms with van der Waals surface area (Å²) in [5, 5.41) is 20.3. The molecule has 0 amide bonds. The SMILES string of the molecule is CC[C@@H](CO)OCn1cc(COC(C)c2ccccc2[N+](=O)[O-])c(=O)[nH]c1=O. The maximum Gasteiger partial charge on any atom is 0.330 e. The molecule has 152 valence electrons. The van der Waals surface area contributed by atoms with Crippen LogP contribution in [0.2, 0.25) is 0 Å².